The number of benzene rings is 2. The molecule has 2 rings (SSSR count). The van der Waals surface area contributed by atoms with Crippen molar-refractivity contribution in [3.63, 3.8) is 0 Å². The highest BCUT2D eigenvalue weighted by atomic mass is 127. The third kappa shape index (κ3) is 19.0. The molecule has 0 saturated heterocycles. The van der Waals surface area contributed by atoms with Gasteiger partial charge in [-0.25, -0.2) is 0 Å². The molecule has 0 radical (unpaired) electrons. The van der Waals surface area contributed by atoms with Crippen molar-refractivity contribution < 1.29 is 26.3 Å². The summed E-state index contributed by atoms with van der Waals surface area (Å²) in [6.07, 6.45) is 30.9. The predicted molar refractivity (Wildman–Crippen MR) is 167 cm³/mol. The van der Waals surface area contributed by atoms with E-state index in [1.165, 1.54) is 141 Å². The lowest BCUT2D eigenvalue weighted by molar-refractivity contribution is -0.599. The summed E-state index contributed by atoms with van der Waals surface area (Å²) in [6, 6.07) is 18.7. The van der Waals surface area contributed by atoms with E-state index in [0.29, 0.717) is 0 Å². The van der Waals surface area contributed by atoms with E-state index in [1.54, 1.807) is 18.3 Å². The first-order valence-corrected chi connectivity index (χ1v) is 18.7. The molecule has 2 heteroatoms. The van der Waals surface area contributed by atoms with Crippen LogP contribution in [0.1, 0.15) is 153 Å². The lowest BCUT2D eigenvalue weighted by Crippen LogP contribution is -3.62. The summed E-state index contributed by atoms with van der Waals surface area (Å²) >= 11 is -0.0947. The highest BCUT2D eigenvalue weighted by molar-refractivity contribution is 5.17. The van der Waals surface area contributed by atoms with E-state index in [4.69, 9.17) is 5.11 Å². The lowest BCUT2D eigenvalue weighted by Gasteiger charge is -2.05. The Bertz CT molecular complexity index is 721. The van der Waals surface area contributed by atoms with Gasteiger partial charge in [0.15, 0.2) is 7.14 Å². The van der Waals surface area contributed by atoms with E-state index in [0.717, 1.165) is 7.11 Å². The number of hydrogen-bond donors (Lipinski definition) is 0. The molecule has 0 bridgehead atoms. The van der Waals surface area contributed by atoms with Gasteiger partial charge in [-0.05, 0) is 37.8 Å². The molecule has 0 aromatic heterocycles. The average Bonchev–Trinajstić information content (AvgIpc) is 2.97. The molecule has 0 unspecified atom stereocenters. The third-order valence-electron chi connectivity index (χ3n) is 7.72. The van der Waals surface area contributed by atoms with E-state index in [9.17, 15) is 0 Å². The first-order valence-electron chi connectivity index (χ1n) is 16.6. The molecule has 1 nitrogen and oxygen atoms in total. The molecule has 0 spiro atoms. The molecule has 2 aromatic carbocycles. The largest absolute Gasteiger partial charge is 0.857 e. The maximum Gasteiger partial charge on any atom is 0.358 e. The summed E-state index contributed by atoms with van der Waals surface area (Å²) in [4.78, 5) is 0. The number of rotatable bonds is 24. The number of hydrogen-bond acceptors (Lipinski definition) is 1. The van der Waals surface area contributed by atoms with Crippen LogP contribution < -0.4 is 26.3 Å². The van der Waals surface area contributed by atoms with Crippen molar-refractivity contribution in [2.45, 2.75) is 155 Å². The quantitative estimate of drug-likeness (QED) is 0.0845. The van der Waals surface area contributed by atoms with Crippen LogP contribution in [0.25, 0.3) is 0 Å². The summed E-state index contributed by atoms with van der Waals surface area (Å²) in [6.45, 7) is 4.61. The van der Waals surface area contributed by atoms with Gasteiger partial charge in [-0.2, -0.15) is 7.11 Å². The first-order chi connectivity index (χ1) is 19.3. The smallest absolute Gasteiger partial charge is 0.358 e. The van der Waals surface area contributed by atoms with E-state index in [-0.39, 0.29) is 21.2 Å². The van der Waals surface area contributed by atoms with Gasteiger partial charge in [-0.15, -0.1) is 0 Å². The molecular formula is C37H61IO. The normalized spacial score (nSPS) is 10.9. The molecule has 0 fully saturated rings. The molecule has 39 heavy (non-hydrogen) atoms. The van der Waals surface area contributed by atoms with Gasteiger partial charge in [0.25, 0.3) is 0 Å². The van der Waals surface area contributed by atoms with Crippen LogP contribution in [-0.4, -0.2) is 7.11 Å². The Morgan fingerprint density at radius 1 is 0.410 bits per heavy atom. The molecule has 2 aromatic rings. The summed E-state index contributed by atoms with van der Waals surface area (Å²) in [5, 5.41) is 8.25. The van der Waals surface area contributed by atoms with Crippen molar-refractivity contribution in [1.82, 2.24) is 0 Å². The van der Waals surface area contributed by atoms with Crippen molar-refractivity contribution in [1.29, 1.82) is 0 Å². The minimum absolute atomic E-state index is 0.0947. The van der Waals surface area contributed by atoms with Gasteiger partial charge in [-0.1, -0.05) is 166 Å². The van der Waals surface area contributed by atoms with Crippen molar-refractivity contribution in [2.75, 3.05) is 7.11 Å². The molecule has 0 atom stereocenters. The fourth-order valence-corrected chi connectivity index (χ4v) is 8.29. The van der Waals surface area contributed by atoms with E-state index >= 15 is 0 Å². The van der Waals surface area contributed by atoms with Gasteiger partial charge in [-0.3, -0.25) is 0 Å². The van der Waals surface area contributed by atoms with Crippen LogP contribution in [0.5, 0.6) is 0 Å². The van der Waals surface area contributed by atoms with Crippen LogP contribution in [-0.2, 0) is 12.8 Å². The highest BCUT2D eigenvalue weighted by Crippen LogP contribution is 2.14. The maximum atomic E-state index is 8.25. The minimum Gasteiger partial charge on any atom is -0.857 e. The fraction of sp³-hybridized carbons (Fsp3) is 0.676. The van der Waals surface area contributed by atoms with Crippen LogP contribution in [0.2, 0.25) is 0 Å². The van der Waals surface area contributed by atoms with Crippen LogP contribution in [0, 0.1) is 7.14 Å². The van der Waals surface area contributed by atoms with Crippen molar-refractivity contribution >= 4 is 0 Å². The Morgan fingerprint density at radius 2 is 0.692 bits per heavy atom. The highest BCUT2D eigenvalue weighted by Gasteiger charge is 2.22. The van der Waals surface area contributed by atoms with Gasteiger partial charge in [0.05, 0.1) is 0 Å². The Kier molecular flexibility index (Phi) is 25.3. The molecular weight excluding hydrogens is 587 g/mol. The zero-order chi connectivity index (χ0) is 28.2. The van der Waals surface area contributed by atoms with Gasteiger partial charge < -0.3 is 5.11 Å². The van der Waals surface area contributed by atoms with Crippen LogP contribution in [0.4, 0.5) is 0 Å². The van der Waals surface area contributed by atoms with Crippen LogP contribution in [0.3, 0.4) is 0 Å². The van der Waals surface area contributed by atoms with Crippen molar-refractivity contribution in [2.24, 2.45) is 0 Å². The van der Waals surface area contributed by atoms with Crippen LogP contribution in [0.15, 0.2) is 48.5 Å². The molecule has 222 valence electrons. The Morgan fingerprint density at radius 3 is 1.03 bits per heavy atom. The zero-order valence-corrected chi connectivity index (χ0v) is 28.1. The molecule has 0 aliphatic carbocycles. The zero-order valence-electron chi connectivity index (χ0n) is 26.0. The molecule has 0 aliphatic rings. The summed E-state index contributed by atoms with van der Waals surface area (Å²) < 4.78 is 3.32. The third-order valence-corrected chi connectivity index (χ3v) is 11.0. The van der Waals surface area contributed by atoms with Gasteiger partial charge in [0, 0.05) is 11.1 Å². The fourth-order valence-electron chi connectivity index (χ4n) is 5.30. The average molecular weight is 649 g/mol. The molecule has 0 amide bonds. The maximum absolute atomic E-state index is 8.25. The van der Waals surface area contributed by atoms with Gasteiger partial charge in [0.1, 0.15) is 0 Å². The molecule has 0 aliphatic heterocycles. The second kappa shape index (κ2) is 27.3. The summed E-state index contributed by atoms with van der Waals surface area (Å²) in [7, 11) is 0.750. The Labute approximate surface area is 254 Å². The second-order valence-corrected chi connectivity index (χ2v) is 14.0. The summed E-state index contributed by atoms with van der Waals surface area (Å²) in [5.74, 6) is 0. The topological polar surface area (TPSA) is 23.1 Å². The molecule has 0 saturated carbocycles. The minimum atomic E-state index is -0.0947. The molecule has 0 heterocycles. The van der Waals surface area contributed by atoms with Gasteiger partial charge in [0.2, 0.25) is 0 Å². The summed E-state index contributed by atoms with van der Waals surface area (Å²) in [5.41, 5.74) is 3.26. The Balaban J connectivity index is 0.00000371. The number of halogens is 1. The standard InChI is InChI=1S/C36H58I.CH3O/c1-3-5-7-9-11-13-15-17-19-21-27-33-29-23-25-31-35(33)37-36-32-26-24-30-34(36)28-22-20-18-16-14-12-10-8-6-4-2;1-2/h23-26,29-32H,3-22,27-28H2,1-2H3;1H3/q+1;-1. The van der Waals surface area contributed by atoms with E-state index < -0.39 is 0 Å². The first kappa shape index (κ1) is 36.2. The molecule has 0 N–H and O–H groups in total. The Hall–Kier alpha value is -0.870. The number of unbranched alkanes of at least 4 members (excludes halogenated alkanes) is 18. The van der Waals surface area contributed by atoms with Crippen molar-refractivity contribution in [3.8, 4) is 0 Å². The van der Waals surface area contributed by atoms with E-state index in [1.807, 2.05) is 0 Å². The number of aryl methyl sites for hydroxylation is 2. The van der Waals surface area contributed by atoms with Gasteiger partial charge >= 0.3 is 21.2 Å². The SMILES string of the molecule is CCCCCCCCCCCCc1ccccc1[I+]c1ccccc1CCCCCCCCCCCC.C[O-]. The van der Waals surface area contributed by atoms with Crippen molar-refractivity contribution in [3.05, 3.63) is 66.8 Å². The van der Waals surface area contributed by atoms with Crippen LogP contribution >= 0.6 is 0 Å². The second-order valence-electron chi connectivity index (χ2n) is 11.1. The van der Waals surface area contributed by atoms with E-state index in [2.05, 4.69) is 62.4 Å². The lowest BCUT2D eigenvalue weighted by atomic mass is 10.0. The monoisotopic (exact) mass is 648 g/mol. The predicted octanol–water partition coefficient (Wildman–Crippen LogP) is 7.72.